The SMILES string of the molecule is C=C1c2ccc(OCC3CCCO3)cc2C=CN1c1ccc(N2CCC(C)C2)c(F)c1.CCCC(C)(C)CC. The molecule has 2 fully saturated rings. The molecule has 0 spiro atoms. The van der Waals surface area contributed by atoms with E-state index in [1.807, 2.05) is 47.5 Å². The van der Waals surface area contributed by atoms with Crippen LogP contribution in [0.3, 0.4) is 0 Å². The molecule has 2 aromatic carbocycles. The summed E-state index contributed by atoms with van der Waals surface area (Å²) in [5.41, 5.74) is 4.95. The third kappa shape index (κ3) is 7.45. The van der Waals surface area contributed by atoms with Crippen molar-refractivity contribution in [2.24, 2.45) is 11.3 Å². The highest BCUT2D eigenvalue weighted by molar-refractivity contribution is 5.89. The second kappa shape index (κ2) is 13.0. The Kier molecular flexibility index (Phi) is 9.76. The zero-order valence-electron chi connectivity index (χ0n) is 24.6. The number of ether oxygens (including phenoxy) is 2. The molecule has 2 aromatic rings. The van der Waals surface area contributed by atoms with E-state index < -0.39 is 0 Å². The first kappa shape index (κ1) is 29.2. The molecule has 2 atom stereocenters. The number of nitrogens with zero attached hydrogens (tertiary/aromatic N) is 2. The van der Waals surface area contributed by atoms with Crippen LogP contribution >= 0.6 is 0 Å². The van der Waals surface area contributed by atoms with Crippen LogP contribution in [0.4, 0.5) is 15.8 Å². The van der Waals surface area contributed by atoms with Crippen molar-refractivity contribution in [3.63, 3.8) is 0 Å². The van der Waals surface area contributed by atoms with E-state index in [2.05, 4.69) is 46.1 Å². The van der Waals surface area contributed by atoms with E-state index in [-0.39, 0.29) is 11.9 Å². The van der Waals surface area contributed by atoms with Gasteiger partial charge in [0.15, 0.2) is 0 Å². The van der Waals surface area contributed by atoms with Crippen LogP contribution in [0.5, 0.6) is 5.75 Å². The molecule has 0 radical (unpaired) electrons. The van der Waals surface area contributed by atoms with E-state index in [1.165, 1.54) is 19.3 Å². The first-order valence-electron chi connectivity index (χ1n) is 14.8. The maximum atomic E-state index is 14.9. The van der Waals surface area contributed by atoms with Gasteiger partial charge in [-0.3, -0.25) is 0 Å². The highest BCUT2D eigenvalue weighted by Crippen LogP contribution is 2.36. The van der Waals surface area contributed by atoms with E-state index >= 15 is 0 Å². The first-order chi connectivity index (χ1) is 18.7. The van der Waals surface area contributed by atoms with Crippen molar-refractivity contribution < 1.29 is 13.9 Å². The molecule has 212 valence electrons. The summed E-state index contributed by atoms with van der Waals surface area (Å²) in [4.78, 5) is 4.08. The summed E-state index contributed by atoms with van der Waals surface area (Å²) in [6, 6.07) is 11.5. The number of halogens is 1. The van der Waals surface area contributed by atoms with Gasteiger partial charge in [-0.1, -0.05) is 54.0 Å². The smallest absolute Gasteiger partial charge is 0.148 e. The Morgan fingerprint density at radius 3 is 2.56 bits per heavy atom. The van der Waals surface area contributed by atoms with Crippen LogP contribution in [0.25, 0.3) is 11.8 Å². The van der Waals surface area contributed by atoms with Gasteiger partial charge in [-0.05, 0) is 79.0 Å². The van der Waals surface area contributed by atoms with Gasteiger partial charge in [0.25, 0.3) is 0 Å². The molecule has 0 aliphatic carbocycles. The lowest BCUT2D eigenvalue weighted by atomic mass is 9.86. The molecule has 2 saturated heterocycles. The molecule has 3 aliphatic rings. The van der Waals surface area contributed by atoms with E-state index in [0.29, 0.717) is 23.6 Å². The number of anilines is 2. The Balaban J connectivity index is 0.000000386. The van der Waals surface area contributed by atoms with E-state index in [0.717, 1.165) is 67.2 Å². The van der Waals surface area contributed by atoms with Gasteiger partial charge in [-0.15, -0.1) is 0 Å². The summed E-state index contributed by atoms with van der Waals surface area (Å²) in [6.45, 7) is 18.9. The molecule has 0 saturated carbocycles. The molecular formula is C34H47FN2O2. The topological polar surface area (TPSA) is 24.9 Å². The first-order valence-corrected chi connectivity index (χ1v) is 14.8. The van der Waals surface area contributed by atoms with Crippen LogP contribution < -0.4 is 14.5 Å². The van der Waals surface area contributed by atoms with E-state index in [9.17, 15) is 4.39 Å². The van der Waals surface area contributed by atoms with Gasteiger partial charge in [0.2, 0.25) is 0 Å². The molecule has 4 nitrogen and oxygen atoms in total. The third-order valence-corrected chi connectivity index (χ3v) is 8.35. The van der Waals surface area contributed by atoms with Crippen molar-refractivity contribution in [1.82, 2.24) is 0 Å². The molecule has 39 heavy (non-hydrogen) atoms. The molecule has 0 aromatic heterocycles. The second-order valence-corrected chi connectivity index (χ2v) is 12.1. The number of fused-ring (bicyclic) bond motifs is 1. The summed E-state index contributed by atoms with van der Waals surface area (Å²) in [7, 11) is 0. The molecule has 5 heteroatoms. The quantitative estimate of drug-likeness (QED) is 0.338. The predicted molar refractivity (Wildman–Crippen MR) is 163 cm³/mol. The van der Waals surface area contributed by atoms with Crippen LogP contribution in [0.15, 0.2) is 49.2 Å². The van der Waals surface area contributed by atoms with Crippen molar-refractivity contribution >= 4 is 23.1 Å². The minimum absolute atomic E-state index is 0.184. The lowest BCUT2D eigenvalue weighted by Gasteiger charge is -2.29. The summed E-state index contributed by atoms with van der Waals surface area (Å²) < 4.78 is 26.5. The second-order valence-electron chi connectivity index (χ2n) is 12.1. The maximum Gasteiger partial charge on any atom is 0.148 e. The number of benzene rings is 2. The van der Waals surface area contributed by atoms with Crippen LogP contribution in [-0.2, 0) is 4.74 Å². The fourth-order valence-corrected chi connectivity index (χ4v) is 5.52. The van der Waals surface area contributed by atoms with Gasteiger partial charge >= 0.3 is 0 Å². The lowest BCUT2D eigenvalue weighted by molar-refractivity contribution is 0.0679. The van der Waals surface area contributed by atoms with Gasteiger partial charge in [0.1, 0.15) is 18.2 Å². The Hall–Kier alpha value is -2.79. The van der Waals surface area contributed by atoms with Gasteiger partial charge in [0.05, 0.1) is 11.8 Å². The van der Waals surface area contributed by atoms with Crippen LogP contribution in [0.1, 0.15) is 84.3 Å². The minimum Gasteiger partial charge on any atom is -0.491 e. The van der Waals surface area contributed by atoms with E-state index in [1.54, 1.807) is 6.07 Å². The number of hydrogen-bond donors (Lipinski definition) is 0. The van der Waals surface area contributed by atoms with Gasteiger partial charge < -0.3 is 19.3 Å². The molecular weight excluding hydrogens is 487 g/mol. The van der Waals surface area contributed by atoms with Crippen LogP contribution in [0, 0.1) is 17.2 Å². The Bertz CT molecular complexity index is 1150. The molecule has 2 unspecified atom stereocenters. The van der Waals surface area contributed by atoms with Gasteiger partial charge in [0, 0.05) is 48.9 Å². The van der Waals surface area contributed by atoms with Gasteiger partial charge in [-0.25, -0.2) is 4.39 Å². The normalized spacial score (nSPS) is 20.6. The average molecular weight is 535 g/mol. The Labute approximate surface area is 235 Å². The zero-order chi connectivity index (χ0) is 28.0. The largest absolute Gasteiger partial charge is 0.491 e. The number of rotatable bonds is 8. The monoisotopic (exact) mass is 534 g/mol. The third-order valence-electron chi connectivity index (χ3n) is 8.35. The lowest BCUT2D eigenvalue weighted by Crippen LogP contribution is -2.21. The summed E-state index contributed by atoms with van der Waals surface area (Å²) in [5.74, 6) is 1.26. The summed E-state index contributed by atoms with van der Waals surface area (Å²) in [5, 5.41) is 0. The molecule has 0 bridgehead atoms. The maximum absolute atomic E-state index is 14.9. The standard InChI is InChI=1S/C26H29FN2O2.C8H18/c1-18-9-11-28(16-18)26-8-5-21(15-25(26)27)29-12-10-20-14-22(6-7-24(20)19(29)2)31-17-23-4-3-13-30-23;1-5-7-8(3,4)6-2/h5-8,10,12,14-15,18,23H,2-4,9,11,13,16-17H2,1H3;5-7H2,1-4H3. The summed E-state index contributed by atoms with van der Waals surface area (Å²) in [6.07, 6.45) is 11.4. The van der Waals surface area contributed by atoms with Crippen molar-refractivity contribution in [3.05, 3.63) is 66.1 Å². The highest BCUT2D eigenvalue weighted by Gasteiger charge is 2.23. The molecule has 3 aliphatic heterocycles. The Morgan fingerprint density at radius 1 is 1.13 bits per heavy atom. The van der Waals surface area contributed by atoms with Crippen LogP contribution in [0.2, 0.25) is 0 Å². The van der Waals surface area contributed by atoms with Gasteiger partial charge in [-0.2, -0.15) is 0 Å². The molecule has 0 N–H and O–H groups in total. The number of hydrogen-bond acceptors (Lipinski definition) is 4. The summed E-state index contributed by atoms with van der Waals surface area (Å²) >= 11 is 0. The fraction of sp³-hybridized carbons (Fsp3) is 0.529. The van der Waals surface area contributed by atoms with Crippen molar-refractivity contribution in [1.29, 1.82) is 0 Å². The molecule has 5 rings (SSSR count). The van der Waals surface area contributed by atoms with Crippen LogP contribution in [-0.4, -0.2) is 32.4 Å². The van der Waals surface area contributed by atoms with E-state index in [4.69, 9.17) is 9.47 Å². The predicted octanol–water partition coefficient (Wildman–Crippen LogP) is 8.91. The van der Waals surface area contributed by atoms with Crippen molar-refractivity contribution in [2.45, 2.75) is 79.2 Å². The Morgan fingerprint density at radius 2 is 1.95 bits per heavy atom. The zero-order valence-corrected chi connectivity index (χ0v) is 24.6. The van der Waals surface area contributed by atoms with Crippen molar-refractivity contribution in [3.8, 4) is 5.75 Å². The average Bonchev–Trinajstić information content (AvgIpc) is 3.60. The highest BCUT2D eigenvalue weighted by atomic mass is 19.1. The molecule has 0 amide bonds. The minimum atomic E-state index is -0.184. The molecule has 3 heterocycles. The van der Waals surface area contributed by atoms with Crippen molar-refractivity contribution in [2.75, 3.05) is 36.1 Å². The fourth-order valence-electron chi connectivity index (χ4n) is 5.52.